The summed E-state index contributed by atoms with van der Waals surface area (Å²) in [6.07, 6.45) is 2.80. The third-order valence-corrected chi connectivity index (χ3v) is 7.56. The van der Waals surface area contributed by atoms with E-state index in [-0.39, 0.29) is 5.41 Å². The van der Waals surface area contributed by atoms with Crippen molar-refractivity contribution in [3.05, 3.63) is 100 Å². The second kappa shape index (κ2) is 8.90. The Hall–Kier alpha value is -3.43. The Labute approximate surface area is 226 Å². The van der Waals surface area contributed by atoms with Gasteiger partial charge in [-0.25, -0.2) is 0 Å². The number of benzene rings is 3. The summed E-state index contributed by atoms with van der Waals surface area (Å²) in [6.45, 7) is 3.13. The Morgan fingerprint density at radius 2 is 1.72 bits per heavy atom. The fourth-order valence-electron chi connectivity index (χ4n) is 5.00. The number of nitrogens with zero attached hydrogens (tertiary/aromatic N) is 4. The van der Waals surface area contributed by atoms with Crippen molar-refractivity contribution < 1.29 is 28.2 Å². The SMILES string of the molecule is [2H]C([2H])([2H])n1[c](=[Pt])n(-c2cccc(Oc3ccc4c(c3)N(c3ccccn3)CC(C)(C)C4)c2)c2ccccc21. The first-order valence-corrected chi connectivity index (χ1v) is 13.0. The monoisotopic (exact) mass is 658 g/mol. The Bertz CT molecular complexity index is 1740. The number of hydrogen-bond acceptors (Lipinski definition) is 3. The Kier molecular flexibility index (Phi) is 4.88. The summed E-state index contributed by atoms with van der Waals surface area (Å²) in [7, 11) is 0. The molecule has 0 atom stereocenters. The Morgan fingerprint density at radius 1 is 0.917 bits per heavy atom. The van der Waals surface area contributed by atoms with Gasteiger partial charge in [-0.15, -0.1) is 0 Å². The predicted molar refractivity (Wildman–Crippen MR) is 141 cm³/mol. The van der Waals surface area contributed by atoms with Gasteiger partial charge in [0, 0.05) is 6.20 Å². The summed E-state index contributed by atoms with van der Waals surface area (Å²) in [5.74, 6) is 2.32. The summed E-state index contributed by atoms with van der Waals surface area (Å²) in [6, 6.07) is 27.5. The van der Waals surface area contributed by atoms with Crippen LogP contribution in [-0.4, -0.2) is 20.7 Å². The molecular formula is C30H28N4OPt. The summed E-state index contributed by atoms with van der Waals surface area (Å²) in [5.41, 5.74) is 4.78. The van der Waals surface area contributed by atoms with E-state index in [0.29, 0.717) is 15.1 Å². The molecule has 0 unspecified atom stereocenters. The zero-order valence-electron chi connectivity index (χ0n) is 23.1. The average Bonchev–Trinajstić information content (AvgIpc) is 3.21. The normalized spacial score (nSPS) is 16.2. The van der Waals surface area contributed by atoms with Crippen LogP contribution in [0.2, 0.25) is 0 Å². The zero-order chi connectivity index (χ0) is 27.4. The van der Waals surface area contributed by atoms with Crippen molar-refractivity contribution in [1.82, 2.24) is 14.1 Å². The molecule has 0 aliphatic carbocycles. The Morgan fingerprint density at radius 3 is 2.53 bits per heavy atom. The third kappa shape index (κ3) is 4.12. The number of pyridine rings is 1. The molecule has 0 amide bonds. The van der Waals surface area contributed by atoms with Crippen LogP contribution in [0, 0.1) is 9.22 Å². The summed E-state index contributed by atoms with van der Waals surface area (Å²) >= 11 is 2.09. The van der Waals surface area contributed by atoms with E-state index in [1.165, 1.54) is 10.1 Å². The van der Waals surface area contributed by atoms with Gasteiger partial charge in [-0.3, -0.25) is 0 Å². The number of aryl methyl sites for hydroxylation is 1. The molecule has 1 aliphatic heterocycles. The molecular weight excluding hydrogens is 627 g/mol. The van der Waals surface area contributed by atoms with Gasteiger partial charge in [0.1, 0.15) is 0 Å². The second-order valence-electron chi connectivity index (χ2n) is 9.91. The van der Waals surface area contributed by atoms with Gasteiger partial charge in [0.2, 0.25) is 0 Å². The predicted octanol–water partition coefficient (Wildman–Crippen LogP) is 6.96. The van der Waals surface area contributed by atoms with Crippen molar-refractivity contribution in [3.8, 4) is 17.2 Å². The van der Waals surface area contributed by atoms with Crippen LogP contribution in [0.4, 0.5) is 11.5 Å². The minimum atomic E-state index is -2.30. The second-order valence-corrected chi connectivity index (χ2v) is 10.9. The molecule has 0 bridgehead atoms. The number of rotatable bonds is 4. The Balaban J connectivity index is 1.39. The van der Waals surface area contributed by atoms with Crippen LogP contribution in [0.25, 0.3) is 16.7 Å². The number of hydrogen-bond donors (Lipinski definition) is 0. The van der Waals surface area contributed by atoms with Crippen LogP contribution in [-0.2, 0) is 32.8 Å². The molecule has 184 valence electrons. The molecule has 5 nitrogen and oxygen atoms in total. The van der Waals surface area contributed by atoms with Gasteiger partial charge in [-0.2, -0.15) is 0 Å². The van der Waals surface area contributed by atoms with Crippen molar-refractivity contribution in [2.24, 2.45) is 12.4 Å². The summed E-state index contributed by atoms with van der Waals surface area (Å²) in [5, 5.41) is 0. The number of fused-ring (bicyclic) bond motifs is 2. The molecule has 0 N–H and O–H groups in total. The fourth-order valence-corrected chi connectivity index (χ4v) is 5.84. The maximum atomic E-state index is 8.09. The molecule has 0 fully saturated rings. The molecule has 3 heterocycles. The fraction of sp³-hybridized carbons (Fsp3) is 0.200. The molecule has 1 aliphatic rings. The van der Waals surface area contributed by atoms with Crippen LogP contribution >= 0.6 is 0 Å². The van der Waals surface area contributed by atoms with E-state index in [1.54, 1.807) is 0 Å². The minimum absolute atomic E-state index is 0.115. The zero-order valence-corrected chi connectivity index (χ0v) is 22.4. The van der Waals surface area contributed by atoms with Gasteiger partial charge >= 0.3 is 194 Å². The van der Waals surface area contributed by atoms with Gasteiger partial charge in [0.15, 0.2) is 0 Å². The summed E-state index contributed by atoms with van der Waals surface area (Å²) < 4.78 is 34.6. The van der Waals surface area contributed by atoms with E-state index >= 15 is 0 Å². The molecule has 6 heteroatoms. The van der Waals surface area contributed by atoms with E-state index < -0.39 is 6.98 Å². The molecule has 0 saturated carbocycles. The van der Waals surface area contributed by atoms with Crippen molar-refractivity contribution in [1.29, 1.82) is 0 Å². The van der Waals surface area contributed by atoms with Gasteiger partial charge in [-0.05, 0) is 6.07 Å². The van der Waals surface area contributed by atoms with E-state index in [0.717, 1.165) is 41.4 Å². The molecule has 6 rings (SSSR count). The van der Waals surface area contributed by atoms with Gasteiger partial charge < -0.3 is 0 Å². The van der Waals surface area contributed by atoms with Crippen LogP contribution < -0.4 is 9.64 Å². The standard InChI is InChI=1S/C30H28N4O.Pt/c1-30(2)19-22-14-15-25(18-28(22)33(20-30)29-13-6-7-16-31-29)35-24-10-8-9-23(17-24)34-21-32(3)26-11-4-5-12-27(26)34;/h4-18H,19-20H2,1-3H3;/i3D3;. The molecule has 0 spiro atoms. The molecule has 5 aromatic rings. The number of aromatic nitrogens is 3. The van der Waals surface area contributed by atoms with Crippen molar-refractivity contribution >= 4 is 22.5 Å². The van der Waals surface area contributed by atoms with Gasteiger partial charge in [-0.1, -0.05) is 19.9 Å². The van der Waals surface area contributed by atoms with Gasteiger partial charge in [0.25, 0.3) is 0 Å². The number of para-hydroxylation sites is 2. The van der Waals surface area contributed by atoms with E-state index in [4.69, 9.17) is 8.85 Å². The average molecular weight is 659 g/mol. The first kappa shape index (κ1) is 19.7. The number of anilines is 2. The number of imidazole rings is 1. The van der Waals surface area contributed by atoms with Crippen molar-refractivity contribution in [2.75, 3.05) is 11.4 Å². The van der Waals surface area contributed by atoms with E-state index in [1.807, 2.05) is 83.6 Å². The maximum absolute atomic E-state index is 8.09. The van der Waals surface area contributed by atoms with E-state index in [9.17, 15) is 0 Å². The number of ether oxygens (including phenoxy) is 1. The first-order chi connectivity index (χ1) is 18.6. The molecule has 2 aromatic heterocycles. The molecule has 3 aromatic carbocycles. The van der Waals surface area contributed by atoms with E-state index in [2.05, 4.69) is 55.2 Å². The van der Waals surface area contributed by atoms with Crippen LogP contribution in [0.3, 0.4) is 0 Å². The van der Waals surface area contributed by atoms with Gasteiger partial charge in [0.05, 0.1) is 0 Å². The van der Waals surface area contributed by atoms with Crippen LogP contribution in [0.5, 0.6) is 11.5 Å². The van der Waals surface area contributed by atoms with Crippen LogP contribution in [0.1, 0.15) is 23.5 Å². The van der Waals surface area contributed by atoms with Crippen molar-refractivity contribution in [3.63, 3.8) is 0 Å². The first-order valence-electron chi connectivity index (χ1n) is 13.4. The molecule has 0 saturated heterocycles. The van der Waals surface area contributed by atoms with Crippen molar-refractivity contribution in [2.45, 2.75) is 20.3 Å². The third-order valence-electron chi connectivity index (χ3n) is 6.55. The van der Waals surface area contributed by atoms with Crippen LogP contribution in [0.15, 0.2) is 91.1 Å². The quantitative estimate of drug-likeness (QED) is 0.210. The molecule has 0 radical (unpaired) electrons. The topological polar surface area (TPSA) is 35.2 Å². The molecule has 36 heavy (non-hydrogen) atoms. The summed E-state index contributed by atoms with van der Waals surface area (Å²) in [4.78, 5) is 6.89.